The Morgan fingerprint density at radius 1 is 1.11 bits per heavy atom. The van der Waals surface area contributed by atoms with Crippen molar-refractivity contribution in [2.45, 2.75) is 6.10 Å². The average Bonchev–Trinajstić information content (AvgIpc) is 2.36. The van der Waals surface area contributed by atoms with Gasteiger partial charge in [0.2, 0.25) is 0 Å². The number of pyridine rings is 1. The summed E-state index contributed by atoms with van der Waals surface area (Å²) in [4.78, 5) is 3.78. The van der Waals surface area contributed by atoms with Gasteiger partial charge in [0, 0.05) is 11.8 Å². The molecule has 0 saturated heterocycles. The number of rotatable bonds is 2. The fraction of sp³-hybridized carbons (Fsp3) is 0.0833. The van der Waals surface area contributed by atoms with E-state index in [0.717, 1.165) is 12.1 Å². The molecule has 0 fully saturated rings. The van der Waals surface area contributed by atoms with Gasteiger partial charge in [-0.3, -0.25) is 4.98 Å². The highest BCUT2D eigenvalue weighted by atomic mass is 35.5. The molecular weight excluding hydrogens is 267 g/mol. The van der Waals surface area contributed by atoms with E-state index in [-0.39, 0.29) is 10.7 Å². The predicted molar refractivity (Wildman–Crippen MR) is 59.6 cm³/mol. The fourth-order valence-electron chi connectivity index (χ4n) is 1.50. The van der Waals surface area contributed by atoms with Gasteiger partial charge < -0.3 is 5.11 Å². The van der Waals surface area contributed by atoms with Crippen LogP contribution in [-0.2, 0) is 0 Å². The number of aliphatic hydroxyl groups is 1. The molecule has 18 heavy (non-hydrogen) atoms. The Bertz CT molecular complexity index is 592. The molecule has 0 amide bonds. The molecule has 1 aromatic carbocycles. The molecule has 6 heteroatoms. The third kappa shape index (κ3) is 2.19. The standard InChI is InChI=1S/C12H7ClF3NO/c13-7-2-1-5-17-11(7)12(18)6-3-4-8(14)10(16)9(6)15/h1-5,12,18H. The number of benzene rings is 1. The van der Waals surface area contributed by atoms with Gasteiger partial charge in [0.15, 0.2) is 17.5 Å². The molecule has 0 spiro atoms. The highest BCUT2D eigenvalue weighted by Gasteiger charge is 2.22. The maximum Gasteiger partial charge on any atom is 0.194 e. The van der Waals surface area contributed by atoms with E-state index in [4.69, 9.17) is 11.6 Å². The minimum absolute atomic E-state index is 0.0240. The van der Waals surface area contributed by atoms with Gasteiger partial charge in [0.05, 0.1) is 10.7 Å². The number of hydrogen-bond donors (Lipinski definition) is 1. The summed E-state index contributed by atoms with van der Waals surface area (Å²) >= 11 is 5.78. The van der Waals surface area contributed by atoms with Gasteiger partial charge in [-0.15, -0.1) is 0 Å². The molecule has 1 atom stereocenters. The molecule has 0 radical (unpaired) electrons. The summed E-state index contributed by atoms with van der Waals surface area (Å²) in [6.07, 6.45) is -0.212. The SMILES string of the molecule is OC(c1ccc(F)c(F)c1F)c1ncccc1Cl. The van der Waals surface area contributed by atoms with Crippen molar-refractivity contribution >= 4 is 11.6 Å². The fourth-order valence-corrected chi connectivity index (χ4v) is 1.72. The molecule has 2 nitrogen and oxygen atoms in total. The van der Waals surface area contributed by atoms with E-state index >= 15 is 0 Å². The molecule has 0 saturated carbocycles. The second-order valence-electron chi connectivity index (χ2n) is 3.54. The van der Waals surface area contributed by atoms with E-state index in [0.29, 0.717) is 0 Å². The summed E-state index contributed by atoms with van der Waals surface area (Å²) in [5, 5.41) is 10.00. The van der Waals surface area contributed by atoms with Crippen LogP contribution in [0, 0.1) is 17.5 Å². The van der Waals surface area contributed by atoms with E-state index in [1.807, 2.05) is 0 Å². The average molecular weight is 274 g/mol. The first-order valence-electron chi connectivity index (χ1n) is 4.94. The smallest absolute Gasteiger partial charge is 0.194 e. The topological polar surface area (TPSA) is 33.1 Å². The van der Waals surface area contributed by atoms with Crippen LogP contribution in [0.4, 0.5) is 13.2 Å². The van der Waals surface area contributed by atoms with Gasteiger partial charge in [-0.1, -0.05) is 11.6 Å². The van der Waals surface area contributed by atoms with Crippen LogP contribution in [-0.4, -0.2) is 10.1 Å². The molecule has 94 valence electrons. The molecule has 0 aliphatic carbocycles. The first-order chi connectivity index (χ1) is 8.52. The Morgan fingerprint density at radius 2 is 1.83 bits per heavy atom. The Hall–Kier alpha value is -1.59. The maximum absolute atomic E-state index is 13.5. The molecule has 2 aromatic rings. The van der Waals surface area contributed by atoms with Crippen LogP contribution in [0.5, 0.6) is 0 Å². The van der Waals surface area contributed by atoms with Crippen molar-refractivity contribution in [2.24, 2.45) is 0 Å². The Labute approximate surface area is 106 Å². The Kier molecular flexibility index (Phi) is 3.54. The highest BCUT2D eigenvalue weighted by Crippen LogP contribution is 2.29. The van der Waals surface area contributed by atoms with E-state index in [2.05, 4.69) is 4.98 Å². The van der Waals surface area contributed by atoms with E-state index in [1.54, 1.807) is 0 Å². The molecular formula is C12H7ClF3NO. The van der Waals surface area contributed by atoms with Crippen LogP contribution >= 0.6 is 11.6 Å². The second kappa shape index (κ2) is 4.96. The molecule has 1 heterocycles. The largest absolute Gasteiger partial charge is 0.382 e. The lowest BCUT2D eigenvalue weighted by Crippen LogP contribution is -2.07. The second-order valence-corrected chi connectivity index (χ2v) is 3.94. The zero-order chi connectivity index (χ0) is 13.3. The summed E-state index contributed by atoms with van der Waals surface area (Å²) in [5.74, 6) is -4.42. The zero-order valence-electron chi connectivity index (χ0n) is 8.87. The van der Waals surface area contributed by atoms with Crippen molar-refractivity contribution in [1.82, 2.24) is 4.98 Å². The van der Waals surface area contributed by atoms with Crippen molar-refractivity contribution in [3.63, 3.8) is 0 Å². The lowest BCUT2D eigenvalue weighted by atomic mass is 10.0. The van der Waals surface area contributed by atoms with E-state index < -0.39 is 29.1 Å². The number of nitrogens with zero attached hydrogens (tertiary/aromatic N) is 1. The molecule has 0 aliphatic rings. The molecule has 0 aliphatic heterocycles. The summed E-state index contributed by atoms with van der Waals surface area (Å²) in [7, 11) is 0. The summed E-state index contributed by atoms with van der Waals surface area (Å²) in [6.45, 7) is 0. The first-order valence-corrected chi connectivity index (χ1v) is 5.32. The lowest BCUT2D eigenvalue weighted by Gasteiger charge is -2.13. The summed E-state index contributed by atoms with van der Waals surface area (Å²) in [5.41, 5.74) is -0.446. The maximum atomic E-state index is 13.5. The zero-order valence-corrected chi connectivity index (χ0v) is 9.63. The Balaban J connectivity index is 2.50. The number of halogens is 4. The van der Waals surface area contributed by atoms with E-state index in [9.17, 15) is 18.3 Å². The normalized spacial score (nSPS) is 12.5. The molecule has 2 rings (SSSR count). The lowest BCUT2D eigenvalue weighted by molar-refractivity contribution is 0.208. The number of hydrogen-bond acceptors (Lipinski definition) is 2. The van der Waals surface area contributed by atoms with Crippen molar-refractivity contribution in [2.75, 3.05) is 0 Å². The van der Waals surface area contributed by atoms with Crippen LogP contribution in [0.25, 0.3) is 0 Å². The third-order valence-electron chi connectivity index (χ3n) is 2.41. The number of aromatic nitrogens is 1. The number of aliphatic hydroxyl groups excluding tert-OH is 1. The molecule has 1 N–H and O–H groups in total. The first kappa shape index (κ1) is 12.9. The van der Waals surface area contributed by atoms with Gasteiger partial charge in [-0.25, -0.2) is 13.2 Å². The monoisotopic (exact) mass is 273 g/mol. The Morgan fingerprint density at radius 3 is 2.50 bits per heavy atom. The summed E-state index contributed by atoms with van der Waals surface area (Å²) < 4.78 is 39.3. The van der Waals surface area contributed by atoms with Gasteiger partial charge in [-0.2, -0.15) is 0 Å². The predicted octanol–water partition coefficient (Wildman–Crippen LogP) is 3.23. The molecule has 1 unspecified atom stereocenters. The van der Waals surface area contributed by atoms with Crippen molar-refractivity contribution < 1.29 is 18.3 Å². The van der Waals surface area contributed by atoms with Crippen LogP contribution in [0.1, 0.15) is 17.4 Å². The van der Waals surface area contributed by atoms with Crippen molar-refractivity contribution in [3.8, 4) is 0 Å². The van der Waals surface area contributed by atoms with Gasteiger partial charge in [0.1, 0.15) is 6.10 Å². The summed E-state index contributed by atoms with van der Waals surface area (Å²) in [6, 6.07) is 4.66. The minimum atomic E-state index is -1.64. The van der Waals surface area contributed by atoms with Crippen LogP contribution in [0.15, 0.2) is 30.5 Å². The van der Waals surface area contributed by atoms with Gasteiger partial charge >= 0.3 is 0 Å². The van der Waals surface area contributed by atoms with E-state index in [1.165, 1.54) is 18.3 Å². The van der Waals surface area contributed by atoms with Crippen LogP contribution in [0.3, 0.4) is 0 Å². The molecule has 0 bridgehead atoms. The van der Waals surface area contributed by atoms with Crippen molar-refractivity contribution in [1.29, 1.82) is 0 Å². The quantitative estimate of drug-likeness (QED) is 0.852. The minimum Gasteiger partial charge on any atom is -0.382 e. The van der Waals surface area contributed by atoms with Crippen LogP contribution in [0.2, 0.25) is 5.02 Å². The molecule has 1 aromatic heterocycles. The van der Waals surface area contributed by atoms with Crippen molar-refractivity contribution in [3.05, 3.63) is 64.2 Å². The highest BCUT2D eigenvalue weighted by molar-refractivity contribution is 6.31. The van der Waals surface area contributed by atoms with Gasteiger partial charge in [0.25, 0.3) is 0 Å². The van der Waals surface area contributed by atoms with Crippen LogP contribution < -0.4 is 0 Å². The third-order valence-corrected chi connectivity index (χ3v) is 2.73. The van der Waals surface area contributed by atoms with Gasteiger partial charge in [-0.05, 0) is 24.3 Å².